The van der Waals surface area contributed by atoms with Gasteiger partial charge in [-0.3, -0.25) is 28.8 Å². The predicted octanol–water partition coefficient (Wildman–Crippen LogP) is 6.49. The van der Waals surface area contributed by atoms with Crippen LogP contribution >= 0.6 is 0 Å². The zero-order chi connectivity index (χ0) is 42.6. The van der Waals surface area contributed by atoms with Gasteiger partial charge in [0.1, 0.15) is 17.3 Å². The molecule has 3 saturated carbocycles. The third-order valence-corrected chi connectivity index (χ3v) is 8.90. The molecule has 0 unspecified atom stereocenters. The molecule has 3 fully saturated rings. The minimum atomic E-state index is -0.247. The van der Waals surface area contributed by atoms with Gasteiger partial charge in [-0.25, -0.2) is 4.79 Å². The first-order valence-electron chi connectivity index (χ1n) is 19.7. The van der Waals surface area contributed by atoms with E-state index in [0.717, 1.165) is 102 Å². The van der Waals surface area contributed by atoms with Crippen LogP contribution in [0.3, 0.4) is 0 Å². The molecule has 0 aliphatic heterocycles. The summed E-state index contributed by atoms with van der Waals surface area (Å²) in [6, 6.07) is 0. The summed E-state index contributed by atoms with van der Waals surface area (Å²) in [5, 5.41) is 15.5. The number of aliphatic hydroxyl groups excluding tert-OH is 2. The van der Waals surface area contributed by atoms with Crippen molar-refractivity contribution in [1.29, 1.82) is 0 Å². The Morgan fingerprint density at radius 3 is 1.70 bits per heavy atom. The van der Waals surface area contributed by atoms with E-state index in [-0.39, 0.29) is 35.8 Å². The number of Topliss-reactive ketones (excluding diaryl/α,β-unsaturated/α-hetero) is 4. The quantitative estimate of drug-likeness (QED) is 0.0726. The van der Waals surface area contributed by atoms with E-state index in [1.165, 1.54) is 39.0 Å². The van der Waals surface area contributed by atoms with Crippen molar-refractivity contribution in [2.45, 2.75) is 142 Å². The Hall–Kier alpha value is -4.43. The van der Waals surface area contributed by atoms with Crippen molar-refractivity contribution in [1.82, 2.24) is 4.98 Å². The van der Waals surface area contributed by atoms with Gasteiger partial charge in [-0.15, -0.1) is 0 Å². The van der Waals surface area contributed by atoms with E-state index in [1.807, 2.05) is 12.3 Å². The van der Waals surface area contributed by atoms with E-state index in [9.17, 15) is 33.6 Å². The van der Waals surface area contributed by atoms with Gasteiger partial charge >= 0.3 is 11.9 Å². The van der Waals surface area contributed by atoms with E-state index < -0.39 is 0 Å². The number of rotatable bonds is 8. The molecule has 1 aromatic rings. The molecule has 0 bridgehead atoms. The Balaban J connectivity index is 0. The predicted molar refractivity (Wildman–Crippen MR) is 214 cm³/mol. The fraction of sp³-hybridized carbons (Fsp3) is 0.643. The van der Waals surface area contributed by atoms with E-state index in [2.05, 4.69) is 14.5 Å². The van der Waals surface area contributed by atoms with Crippen molar-refractivity contribution in [2.75, 3.05) is 34.5 Å². The Bertz CT molecular complexity index is 1350. The first kappa shape index (κ1) is 53.7. The Morgan fingerprint density at radius 1 is 0.768 bits per heavy atom. The Kier molecular flexibility index (Phi) is 34.7. The SMILES string of the molecule is CCC(=O)CN.CCOC=O.CO.COC(=O)CC/C=C1/CCCCC1=O.COC(=O)c1[nH]cc2c1CCCC2.O=C1CCCC/C1=C/O.O=C1CCCCC1. The molecule has 14 heteroatoms. The molecule has 56 heavy (non-hydrogen) atoms. The summed E-state index contributed by atoms with van der Waals surface area (Å²) in [6.07, 6.45) is 23.1. The summed E-state index contributed by atoms with van der Waals surface area (Å²) in [7, 11) is 3.79. The molecule has 0 saturated heterocycles. The van der Waals surface area contributed by atoms with Gasteiger partial charge in [-0.1, -0.05) is 19.4 Å². The van der Waals surface area contributed by atoms with Crippen LogP contribution in [0.25, 0.3) is 0 Å². The number of aromatic amines is 1. The van der Waals surface area contributed by atoms with Crippen LogP contribution in [-0.4, -0.2) is 91.2 Å². The Labute approximate surface area is 333 Å². The average molecular weight is 793 g/mol. The molecular weight excluding hydrogens is 724 g/mol. The number of esters is 2. The number of hydrogen-bond acceptors (Lipinski definition) is 13. The van der Waals surface area contributed by atoms with Crippen LogP contribution in [0.1, 0.15) is 151 Å². The van der Waals surface area contributed by atoms with Crippen molar-refractivity contribution < 1.29 is 58.0 Å². The average Bonchev–Trinajstić information content (AvgIpc) is 3.68. The number of methoxy groups -OCH3 is 2. The number of H-pyrrole nitrogens is 1. The maximum Gasteiger partial charge on any atom is 0.354 e. The lowest BCUT2D eigenvalue weighted by molar-refractivity contribution is -0.140. The van der Waals surface area contributed by atoms with Crippen molar-refractivity contribution in [3.63, 3.8) is 0 Å². The second kappa shape index (κ2) is 36.2. The molecule has 0 atom stereocenters. The number of allylic oxidation sites excluding steroid dienone is 3. The molecule has 5 N–H and O–H groups in total. The minimum absolute atomic E-state index is 0.115. The van der Waals surface area contributed by atoms with Crippen LogP contribution in [0, 0.1) is 0 Å². The smallest absolute Gasteiger partial charge is 0.354 e. The molecule has 318 valence electrons. The van der Waals surface area contributed by atoms with Gasteiger partial charge in [0.25, 0.3) is 6.47 Å². The summed E-state index contributed by atoms with van der Waals surface area (Å²) in [6.45, 7) is 4.66. The fourth-order valence-corrected chi connectivity index (χ4v) is 5.68. The number of aromatic nitrogens is 1. The molecule has 4 aliphatic carbocycles. The number of hydrogen-bond donors (Lipinski definition) is 4. The molecule has 4 aliphatic rings. The number of ether oxygens (including phenoxy) is 3. The molecule has 1 aromatic heterocycles. The number of nitrogens with one attached hydrogen (secondary N) is 1. The third-order valence-electron chi connectivity index (χ3n) is 8.90. The van der Waals surface area contributed by atoms with Crippen LogP contribution in [0.4, 0.5) is 0 Å². The summed E-state index contributed by atoms with van der Waals surface area (Å²) < 4.78 is 13.4. The van der Waals surface area contributed by atoms with Gasteiger partial charge in [-0.05, 0) is 107 Å². The topological polar surface area (TPSA) is 229 Å². The van der Waals surface area contributed by atoms with Gasteiger partial charge in [0.2, 0.25) is 0 Å². The van der Waals surface area contributed by atoms with Gasteiger partial charge < -0.3 is 35.1 Å². The lowest BCUT2D eigenvalue weighted by atomic mass is 9.93. The normalized spacial score (nSPS) is 16.9. The molecule has 0 spiro atoms. The fourth-order valence-electron chi connectivity index (χ4n) is 5.68. The third kappa shape index (κ3) is 25.6. The maximum absolute atomic E-state index is 11.4. The maximum atomic E-state index is 11.4. The molecule has 5 rings (SSSR count). The van der Waals surface area contributed by atoms with Crippen LogP contribution in [-0.2, 0) is 55.8 Å². The van der Waals surface area contributed by atoms with Crippen LogP contribution in [0.15, 0.2) is 29.7 Å². The van der Waals surface area contributed by atoms with Crippen molar-refractivity contribution in [2.24, 2.45) is 5.73 Å². The largest absolute Gasteiger partial charge is 0.515 e. The van der Waals surface area contributed by atoms with Gasteiger partial charge in [-0.2, -0.15) is 0 Å². The minimum Gasteiger partial charge on any atom is -0.515 e. The highest BCUT2D eigenvalue weighted by molar-refractivity contribution is 5.96. The highest BCUT2D eigenvalue weighted by Crippen LogP contribution is 2.24. The summed E-state index contributed by atoms with van der Waals surface area (Å²) >= 11 is 0. The first-order valence-corrected chi connectivity index (χ1v) is 19.7. The number of carbonyl (C=O) groups excluding carboxylic acids is 7. The molecule has 1 heterocycles. The second-order valence-electron chi connectivity index (χ2n) is 12.9. The van der Waals surface area contributed by atoms with Crippen LogP contribution in [0.2, 0.25) is 0 Å². The lowest BCUT2D eigenvalue weighted by Crippen LogP contribution is -2.11. The molecule has 0 radical (unpaired) electrons. The molecule has 0 amide bonds. The zero-order valence-corrected chi connectivity index (χ0v) is 34.4. The van der Waals surface area contributed by atoms with E-state index in [4.69, 9.17) is 20.7 Å². The van der Waals surface area contributed by atoms with Gasteiger partial charge in [0.15, 0.2) is 11.6 Å². The highest BCUT2D eigenvalue weighted by atomic mass is 16.5. The van der Waals surface area contributed by atoms with Crippen molar-refractivity contribution >= 4 is 41.5 Å². The standard InChI is InChI=1S/C11H16O3.C10H13NO2.C7H10O2.C6H10O.C4H9NO.C3H6O2.CH4O/c1-14-11(13)8-4-6-9-5-2-3-7-10(9)12;1-13-10(12)9-8-5-3-2-4-7(8)6-11-9;8-5-6-3-1-2-4-7(6)9;7-6-4-2-1-3-5-6;1-2-4(6)3-5;1-2-5-3-4;1-2/h6H,2-5,7-8H2,1H3;6,11H,2-5H2,1H3;5,8H,1-4H2;1-5H2;2-3,5H2,1H3;3H,2H2,1H3;2H,1H3/b9-6-;;6-5-;;;;. The number of ketones is 4. The number of nitrogens with two attached hydrogens (primary N) is 1. The number of aryl methyl sites for hydroxylation is 1. The van der Waals surface area contributed by atoms with Gasteiger partial charge in [0, 0.05) is 57.4 Å². The van der Waals surface area contributed by atoms with E-state index >= 15 is 0 Å². The van der Waals surface area contributed by atoms with Crippen molar-refractivity contribution in [3.8, 4) is 0 Å². The van der Waals surface area contributed by atoms with Crippen molar-refractivity contribution in [3.05, 3.63) is 46.5 Å². The lowest BCUT2D eigenvalue weighted by Gasteiger charge is -2.11. The second-order valence-corrected chi connectivity index (χ2v) is 12.9. The number of aliphatic hydroxyl groups is 2. The summed E-state index contributed by atoms with van der Waals surface area (Å²) in [5.74, 6) is 0.486. The number of fused-ring (bicyclic) bond motifs is 1. The van der Waals surface area contributed by atoms with Crippen LogP contribution < -0.4 is 5.73 Å². The van der Waals surface area contributed by atoms with E-state index in [1.54, 1.807) is 13.8 Å². The van der Waals surface area contributed by atoms with Gasteiger partial charge in [0.05, 0.1) is 33.6 Å². The molecule has 0 aromatic carbocycles. The Morgan fingerprint density at radius 2 is 1.30 bits per heavy atom. The zero-order valence-electron chi connectivity index (χ0n) is 34.4. The summed E-state index contributed by atoms with van der Waals surface area (Å²) in [5.41, 5.74) is 9.53. The molecule has 14 nitrogen and oxygen atoms in total. The first-order chi connectivity index (χ1) is 27.0. The monoisotopic (exact) mass is 792 g/mol. The molecular formula is C42H68N2O12. The van der Waals surface area contributed by atoms with E-state index in [0.29, 0.717) is 62.2 Å². The highest BCUT2D eigenvalue weighted by Gasteiger charge is 2.20. The van der Waals surface area contributed by atoms with Crippen LogP contribution in [0.5, 0.6) is 0 Å². The summed E-state index contributed by atoms with van der Waals surface area (Å²) in [4.78, 5) is 76.9. The number of carbonyl (C=O) groups is 7.